The van der Waals surface area contributed by atoms with Crippen molar-refractivity contribution in [3.8, 4) is 0 Å². The molecule has 0 bridgehead atoms. The van der Waals surface area contributed by atoms with Gasteiger partial charge in [-0.2, -0.15) is 0 Å². The molecule has 0 amide bonds. The number of hydrogen-bond acceptors (Lipinski definition) is 2. The van der Waals surface area contributed by atoms with E-state index in [1.54, 1.807) is 0 Å². The van der Waals surface area contributed by atoms with Gasteiger partial charge in [-0.15, -0.1) is 0 Å². The molecule has 0 heterocycles. The molecule has 0 aromatic heterocycles. The number of benzene rings is 1. The van der Waals surface area contributed by atoms with Crippen LogP contribution in [-0.2, 0) is 0 Å². The van der Waals surface area contributed by atoms with Crippen LogP contribution in [-0.4, -0.2) is 11.6 Å². The Morgan fingerprint density at radius 3 is 1.71 bits per heavy atom. The van der Waals surface area contributed by atoms with E-state index in [1.807, 2.05) is 36.5 Å². The average Bonchev–Trinajstić information content (AvgIpc) is 2.96. The third-order valence-corrected chi connectivity index (χ3v) is 3.59. The van der Waals surface area contributed by atoms with Crippen molar-refractivity contribution >= 4 is 35.9 Å². The van der Waals surface area contributed by atoms with Gasteiger partial charge in [0.05, 0.1) is 6.42 Å². The normalized spacial score (nSPS) is 17.9. The van der Waals surface area contributed by atoms with Crippen molar-refractivity contribution in [2.75, 3.05) is 0 Å². The lowest BCUT2D eigenvalue weighted by Gasteiger charge is -2.05. The van der Waals surface area contributed by atoms with Crippen LogP contribution < -0.4 is 10.4 Å². The Balaban J connectivity index is 2.33. The highest BCUT2D eigenvalue weighted by Gasteiger charge is 2.32. The van der Waals surface area contributed by atoms with Gasteiger partial charge in [0.1, 0.15) is 0 Å². The second-order valence-electron chi connectivity index (χ2n) is 4.48. The Hall–Kier alpha value is -2.22. The highest BCUT2D eigenvalue weighted by Crippen LogP contribution is 2.23. The maximum atomic E-state index is 11.9. The van der Waals surface area contributed by atoms with E-state index < -0.39 is 0 Å². The number of Topliss-reactive ketones (excluding diaryl/α,β-unsaturated/α-hetero) is 2. The molecule has 0 fully saturated rings. The van der Waals surface area contributed by atoms with Gasteiger partial charge in [0.15, 0.2) is 11.6 Å². The van der Waals surface area contributed by atoms with E-state index in [9.17, 15) is 9.59 Å². The van der Waals surface area contributed by atoms with Crippen LogP contribution in [0.5, 0.6) is 0 Å². The summed E-state index contributed by atoms with van der Waals surface area (Å²) >= 11 is 0. The number of carbonyl (C=O) groups excluding carboxylic acids is 2. The minimum atomic E-state index is -0.0377. The molecule has 0 spiro atoms. The highest BCUT2D eigenvalue weighted by molar-refractivity contribution is 6.25. The predicted molar refractivity (Wildman–Crippen MR) is 66.0 cm³/mol. The molecule has 0 unspecified atom stereocenters. The number of allylic oxidation sites excluding steroid dienone is 2. The lowest BCUT2D eigenvalue weighted by atomic mass is 9.96. The first kappa shape index (κ1) is 8.88. The largest absolute Gasteiger partial charge is 0.294 e. The molecule has 1 aromatic carbocycles. The molecule has 0 atom stereocenters. The fourth-order valence-electron chi connectivity index (χ4n) is 2.92. The van der Waals surface area contributed by atoms with Crippen LogP contribution in [0.1, 0.15) is 38.3 Å². The molecule has 2 nitrogen and oxygen atoms in total. The van der Waals surface area contributed by atoms with Crippen molar-refractivity contribution in [3.63, 3.8) is 0 Å². The third kappa shape index (κ3) is 0.912. The van der Waals surface area contributed by atoms with E-state index in [0.29, 0.717) is 11.1 Å². The molecule has 80 valence electrons. The van der Waals surface area contributed by atoms with Gasteiger partial charge in [0, 0.05) is 11.1 Å². The maximum Gasteiger partial charge on any atom is 0.171 e. The Morgan fingerprint density at radius 1 is 0.765 bits per heavy atom. The molecular formula is C15H8O2. The number of carbonyl (C=O) groups is 2. The average molecular weight is 220 g/mol. The number of ketones is 2. The first-order valence-corrected chi connectivity index (χ1v) is 5.60. The molecule has 0 N–H and O–H groups in total. The van der Waals surface area contributed by atoms with Gasteiger partial charge < -0.3 is 0 Å². The maximum absolute atomic E-state index is 11.9. The van der Waals surface area contributed by atoms with Gasteiger partial charge in [0.2, 0.25) is 0 Å². The van der Waals surface area contributed by atoms with Gasteiger partial charge >= 0.3 is 0 Å². The van der Waals surface area contributed by atoms with Gasteiger partial charge in [-0.1, -0.05) is 36.5 Å². The van der Waals surface area contributed by atoms with Gasteiger partial charge in [0.25, 0.3) is 0 Å². The topological polar surface area (TPSA) is 34.1 Å². The molecule has 0 saturated carbocycles. The molecule has 0 radical (unpaired) electrons. The molecule has 0 aliphatic heterocycles. The number of fused-ring (bicyclic) bond motifs is 6. The highest BCUT2D eigenvalue weighted by atomic mass is 16.2. The smallest absolute Gasteiger partial charge is 0.171 e. The monoisotopic (exact) mass is 220 g/mol. The molecule has 4 rings (SSSR count). The molecule has 3 aliphatic carbocycles. The Labute approximate surface area is 97.3 Å². The number of hydrogen-bond donors (Lipinski definition) is 0. The second kappa shape index (κ2) is 2.72. The molecule has 2 heteroatoms. The van der Waals surface area contributed by atoms with E-state index in [4.69, 9.17) is 0 Å². The fourth-order valence-corrected chi connectivity index (χ4v) is 2.92. The van der Waals surface area contributed by atoms with E-state index in [0.717, 1.165) is 21.6 Å². The second-order valence-corrected chi connectivity index (χ2v) is 4.48. The SMILES string of the molecule is O=C1CC(=O)c2c1c1c(c3c2=CC=C3)C=CC=1. The van der Waals surface area contributed by atoms with Crippen LogP contribution in [0.4, 0.5) is 0 Å². The molecule has 0 saturated heterocycles. The minimum Gasteiger partial charge on any atom is -0.294 e. The van der Waals surface area contributed by atoms with Crippen molar-refractivity contribution in [2.24, 2.45) is 0 Å². The minimum absolute atomic E-state index is 0.0277. The lowest BCUT2D eigenvalue weighted by molar-refractivity contribution is 0.0922. The molecule has 1 aromatic rings. The van der Waals surface area contributed by atoms with Crippen LogP contribution >= 0.6 is 0 Å². The van der Waals surface area contributed by atoms with Crippen LogP contribution in [0.25, 0.3) is 24.3 Å². The fraction of sp³-hybridized carbons (Fsp3) is 0.0667. The summed E-state index contributed by atoms with van der Waals surface area (Å²) in [5.74, 6) is -0.0754. The molecular weight excluding hydrogens is 212 g/mol. The summed E-state index contributed by atoms with van der Waals surface area (Å²) < 4.78 is 0. The summed E-state index contributed by atoms with van der Waals surface area (Å²) in [4.78, 5) is 23.9. The predicted octanol–water partition coefficient (Wildman–Crippen LogP) is 1.07. The first-order valence-electron chi connectivity index (χ1n) is 5.60. The van der Waals surface area contributed by atoms with Crippen molar-refractivity contribution in [2.45, 2.75) is 6.42 Å². The van der Waals surface area contributed by atoms with E-state index in [1.165, 1.54) is 0 Å². The zero-order chi connectivity index (χ0) is 11.6. The van der Waals surface area contributed by atoms with Crippen LogP contribution in [0.2, 0.25) is 0 Å². The lowest BCUT2D eigenvalue weighted by Crippen LogP contribution is -2.25. The Kier molecular flexibility index (Phi) is 1.42. The number of rotatable bonds is 0. The standard InChI is InChI=1S/C15H8O2/c16-12-7-13(17)15-11-6-2-4-9(11)8-3-1-5-10(8)14(12)15/h1-6H,7H2. The zero-order valence-corrected chi connectivity index (χ0v) is 8.99. The zero-order valence-electron chi connectivity index (χ0n) is 8.99. The summed E-state index contributed by atoms with van der Waals surface area (Å²) in [6.45, 7) is 0. The molecule has 17 heavy (non-hydrogen) atoms. The summed E-state index contributed by atoms with van der Waals surface area (Å²) in [7, 11) is 0. The van der Waals surface area contributed by atoms with E-state index in [-0.39, 0.29) is 18.0 Å². The van der Waals surface area contributed by atoms with Crippen LogP contribution in [0.15, 0.2) is 12.2 Å². The van der Waals surface area contributed by atoms with E-state index >= 15 is 0 Å². The Morgan fingerprint density at radius 2 is 1.24 bits per heavy atom. The van der Waals surface area contributed by atoms with Gasteiger partial charge in [-0.05, 0) is 21.6 Å². The van der Waals surface area contributed by atoms with Crippen LogP contribution in [0, 0.1) is 0 Å². The van der Waals surface area contributed by atoms with Crippen molar-refractivity contribution < 1.29 is 9.59 Å². The Bertz CT molecular complexity index is 722. The first-order chi connectivity index (χ1) is 8.27. The summed E-state index contributed by atoms with van der Waals surface area (Å²) in [6, 6.07) is 0. The molecule has 3 aliphatic rings. The van der Waals surface area contributed by atoms with Gasteiger partial charge in [-0.25, -0.2) is 0 Å². The van der Waals surface area contributed by atoms with Crippen molar-refractivity contribution in [3.05, 3.63) is 44.8 Å². The van der Waals surface area contributed by atoms with Gasteiger partial charge in [-0.3, -0.25) is 9.59 Å². The van der Waals surface area contributed by atoms with E-state index in [2.05, 4.69) is 0 Å². The quantitative estimate of drug-likeness (QED) is 0.613. The third-order valence-electron chi connectivity index (χ3n) is 3.59. The summed E-state index contributed by atoms with van der Waals surface area (Å²) in [5, 5.41) is 1.85. The van der Waals surface area contributed by atoms with Crippen molar-refractivity contribution in [1.82, 2.24) is 0 Å². The summed E-state index contributed by atoms with van der Waals surface area (Å²) in [5.41, 5.74) is 3.42. The van der Waals surface area contributed by atoms with Crippen molar-refractivity contribution in [1.29, 1.82) is 0 Å². The summed E-state index contributed by atoms with van der Waals surface area (Å²) in [6.07, 6.45) is 11.8. The van der Waals surface area contributed by atoms with Crippen LogP contribution in [0.3, 0.4) is 0 Å².